The highest BCUT2D eigenvalue weighted by Crippen LogP contribution is 2.45. The third-order valence-corrected chi connectivity index (χ3v) is 12.6. The van der Waals surface area contributed by atoms with Crippen LogP contribution in [0, 0.1) is 0 Å². The van der Waals surface area contributed by atoms with Crippen molar-refractivity contribution >= 4 is 76.1 Å². The fourth-order valence-electron chi connectivity index (χ4n) is 9.69. The Morgan fingerprint density at radius 1 is 0.355 bits per heavy atom. The molecule has 0 atom stereocenters. The topological polar surface area (TPSA) is 43.9 Å². The first kappa shape index (κ1) is 34.5. The van der Waals surface area contributed by atoms with Crippen LogP contribution in [0.1, 0.15) is 0 Å². The first-order valence-electron chi connectivity index (χ1n) is 21.1. The van der Waals surface area contributed by atoms with Gasteiger partial charge in [0.05, 0.1) is 22.4 Å². The smallest absolute Gasteiger partial charge is 0.160 e. The van der Waals surface area contributed by atoms with Crippen LogP contribution in [0.3, 0.4) is 0 Å². The highest BCUT2D eigenvalue weighted by atomic mass is 16.3. The van der Waals surface area contributed by atoms with Gasteiger partial charge in [0.15, 0.2) is 5.82 Å². The molecule has 0 N–H and O–H groups in total. The summed E-state index contributed by atoms with van der Waals surface area (Å²) in [5, 5.41) is 11.8. The van der Waals surface area contributed by atoms with E-state index in [1.54, 1.807) is 0 Å². The molecular formula is C58H35N3O. The molecule has 0 bridgehead atoms. The van der Waals surface area contributed by atoms with Crippen molar-refractivity contribution in [3.8, 4) is 50.7 Å². The maximum atomic E-state index is 6.99. The molecule has 4 nitrogen and oxygen atoms in total. The summed E-state index contributed by atoms with van der Waals surface area (Å²) in [7, 11) is 0. The molecule has 0 aliphatic rings. The van der Waals surface area contributed by atoms with Crippen LogP contribution in [0.5, 0.6) is 0 Å². The van der Waals surface area contributed by atoms with E-state index in [0.717, 1.165) is 77.7 Å². The molecule has 0 spiro atoms. The normalized spacial score (nSPS) is 11.9. The predicted molar refractivity (Wildman–Crippen MR) is 258 cm³/mol. The number of hydrogen-bond acceptors (Lipinski definition) is 3. The van der Waals surface area contributed by atoms with Crippen LogP contribution in [-0.4, -0.2) is 14.5 Å². The molecule has 10 aromatic carbocycles. The quantitative estimate of drug-likeness (QED) is 0.174. The molecule has 288 valence electrons. The van der Waals surface area contributed by atoms with Crippen LogP contribution in [0.25, 0.3) is 127 Å². The molecule has 62 heavy (non-hydrogen) atoms. The van der Waals surface area contributed by atoms with Crippen molar-refractivity contribution in [3.63, 3.8) is 0 Å². The van der Waals surface area contributed by atoms with Gasteiger partial charge in [0, 0.05) is 43.9 Å². The Labute approximate surface area is 356 Å². The fraction of sp³-hybridized carbons (Fsp3) is 0. The average Bonchev–Trinajstić information content (AvgIpc) is 3.91. The molecule has 4 heteroatoms. The highest BCUT2D eigenvalue weighted by molar-refractivity contribution is 6.29. The van der Waals surface area contributed by atoms with Gasteiger partial charge < -0.3 is 8.98 Å². The summed E-state index contributed by atoms with van der Waals surface area (Å²) in [6.07, 6.45) is 0. The zero-order chi connectivity index (χ0) is 40.7. The molecule has 0 aliphatic heterocycles. The van der Waals surface area contributed by atoms with Crippen LogP contribution in [0.4, 0.5) is 0 Å². The number of hydrogen-bond donors (Lipinski definition) is 0. The summed E-state index contributed by atoms with van der Waals surface area (Å²) in [4.78, 5) is 10.6. The largest absolute Gasteiger partial charge is 0.455 e. The number of rotatable bonds is 5. The number of furan rings is 1. The molecule has 0 fully saturated rings. The molecule has 0 saturated heterocycles. The molecule has 13 aromatic rings. The van der Waals surface area contributed by atoms with Gasteiger partial charge in [-0.15, -0.1) is 0 Å². The zero-order valence-electron chi connectivity index (χ0n) is 33.5. The summed E-state index contributed by atoms with van der Waals surface area (Å²) in [6.45, 7) is 0. The van der Waals surface area contributed by atoms with Crippen LogP contribution >= 0.6 is 0 Å². The summed E-state index contributed by atoms with van der Waals surface area (Å²) >= 11 is 0. The lowest BCUT2D eigenvalue weighted by Crippen LogP contribution is -1.98. The second-order valence-corrected chi connectivity index (χ2v) is 16.1. The molecule has 0 amide bonds. The van der Waals surface area contributed by atoms with E-state index in [0.29, 0.717) is 5.82 Å². The summed E-state index contributed by atoms with van der Waals surface area (Å²) in [6, 6.07) is 75.5. The number of aromatic nitrogens is 3. The highest BCUT2D eigenvalue weighted by Gasteiger charge is 2.23. The lowest BCUT2D eigenvalue weighted by molar-refractivity contribution is 0.670. The number of benzene rings is 10. The summed E-state index contributed by atoms with van der Waals surface area (Å²) in [5.41, 5.74) is 11.8. The number of fused-ring (bicyclic) bond motifs is 12. The fourth-order valence-corrected chi connectivity index (χ4v) is 9.69. The van der Waals surface area contributed by atoms with Crippen LogP contribution in [0.2, 0.25) is 0 Å². The lowest BCUT2D eigenvalue weighted by Gasteiger charge is -2.14. The van der Waals surface area contributed by atoms with Gasteiger partial charge in [0.1, 0.15) is 11.2 Å². The van der Waals surface area contributed by atoms with Gasteiger partial charge in [-0.25, -0.2) is 9.97 Å². The van der Waals surface area contributed by atoms with Gasteiger partial charge in [-0.3, -0.25) is 0 Å². The Balaban J connectivity index is 1.14. The van der Waals surface area contributed by atoms with Crippen molar-refractivity contribution in [3.05, 3.63) is 212 Å². The van der Waals surface area contributed by atoms with Crippen LogP contribution < -0.4 is 0 Å². The van der Waals surface area contributed by atoms with E-state index in [9.17, 15) is 0 Å². The van der Waals surface area contributed by atoms with Crippen molar-refractivity contribution in [1.29, 1.82) is 0 Å². The molecule has 0 radical (unpaired) electrons. The van der Waals surface area contributed by atoms with E-state index >= 15 is 0 Å². The first-order valence-corrected chi connectivity index (χ1v) is 21.1. The van der Waals surface area contributed by atoms with E-state index < -0.39 is 0 Å². The minimum Gasteiger partial charge on any atom is -0.455 e. The molecule has 3 heterocycles. The maximum Gasteiger partial charge on any atom is 0.160 e. The second-order valence-electron chi connectivity index (χ2n) is 16.1. The lowest BCUT2D eigenvalue weighted by atomic mass is 9.99. The van der Waals surface area contributed by atoms with Crippen molar-refractivity contribution in [2.45, 2.75) is 0 Å². The SMILES string of the molecule is c1ccc(-c2ccc(-c3cc(-c4cc(-n5c6ccc7ccccc7c6c6c7ccccc7ccc65)cc5c4oc4ccc6ccccc6c45)nc(-c4ccccc4)n3)cc2)cc1. The van der Waals surface area contributed by atoms with Crippen LogP contribution in [0.15, 0.2) is 217 Å². The Morgan fingerprint density at radius 2 is 0.855 bits per heavy atom. The van der Waals surface area contributed by atoms with Gasteiger partial charge in [-0.1, -0.05) is 176 Å². The van der Waals surface area contributed by atoms with Crippen molar-refractivity contribution in [2.24, 2.45) is 0 Å². The molecule has 0 aliphatic carbocycles. The number of nitrogens with zero attached hydrogens (tertiary/aromatic N) is 3. The molecule has 3 aromatic heterocycles. The molecule has 13 rings (SSSR count). The monoisotopic (exact) mass is 789 g/mol. The van der Waals surface area contributed by atoms with E-state index in [4.69, 9.17) is 14.4 Å². The van der Waals surface area contributed by atoms with Gasteiger partial charge in [0.2, 0.25) is 0 Å². The zero-order valence-corrected chi connectivity index (χ0v) is 33.5. The summed E-state index contributed by atoms with van der Waals surface area (Å²) < 4.78 is 9.44. The minimum absolute atomic E-state index is 0.653. The average molecular weight is 790 g/mol. The molecule has 0 saturated carbocycles. The third-order valence-electron chi connectivity index (χ3n) is 12.6. The third kappa shape index (κ3) is 5.33. The van der Waals surface area contributed by atoms with E-state index in [2.05, 4.69) is 193 Å². The van der Waals surface area contributed by atoms with Crippen molar-refractivity contribution < 1.29 is 4.42 Å². The van der Waals surface area contributed by atoms with E-state index in [1.165, 1.54) is 43.3 Å². The summed E-state index contributed by atoms with van der Waals surface area (Å²) in [5.74, 6) is 0.653. The van der Waals surface area contributed by atoms with Gasteiger partial charge in [-0.05, 0) is 79.8 Å². The van der Waals surface area contributed by atoms with Crippen molar-refractivity contribution in [2.75, 3.05) is 0 Å². The van der Waals surface area contributed by atoms with Gasteiger partial charge in [-0.2, -0.15) is 0 Å². The minimum atomic E-state index is 0.653. The van der Waals surface area contributed by atoms with E-state index in [1.807, 2.05) is 24.3 Å². The van der Waals surface area contributed by atoms with Gasteiger partial charge >= 0.3 is 0 Å². The maximum absolute atomic E-state index is 6.99. The first-order chi connectivity index (χ1) is 30.7. The second kappa shape index (κ2) is 13.6. The Morgan fingerprint density at radius 3 is 1.48 bits per heavy atom. The Hall–Kier alpha value is -8.34. The molecular weight excluding hydrogens is 755 g/mol. The Kier molecular flexibility index (Phi) is 7.57. The Bertz CT molecular complexity index is 3810. The van der Waals surface area contributed by atoms with Gasteiger partial charge in [0.25, 0.3) is 0 Å². The van der Waals surface area contributed by atoms with E-state index in [-0.39, 0.29) is 0 Å². The van der Waals surface area contributed by atoms with Crippen molar-refractivity contribution in [1.82, 2.24) is 14.5 Å². The molecule has 0 unspecified atom stereocenters. The predicted octanol–water partition coefficient (Wildman–Crippen LogP) is 15.6. The standard InChI is InChI=1S/C58H35N3O/c1-3-13-36(14-4-1)37-23-25-41(26-24-37)49-35-50(60-58(59-49)42-18-5-2-6-19-42)47-33-43(34-48-54-44-20-10-7-17-40(44)29-32-53(54)62-57(47)48)61-51-30-27-38-15-8-11-21-45(38)55(51)56-46-22-12-9-16-39(46)28-31-52(56)61/h1-35H. The van der Waals surface area contributed by atoms with Crippen LogP contribution in [-0.2, 0) is 0 Å².